The number of pyridine rings is 1. The van der Waals surface area contributed by atoms with Crippen LogP contribution in [0, 0.1) is 11.7 Å². The monoisotopic (exact) mass is 532 g/mol. The molecular weight excluding hydrogens is 500 g/mol. The molecule has 39 heavy (non-hydrogen) atoms. The molecule has 1 saturated heterocycles. The lowest BCUT2D eigenvalue weighted by atomic mass is 9.96. The van der Waals surface area contributed by atoms with Crippen molar-refractivity contribution in [2.45, 2.75) is 19.6 Å². The highest BCUT2D eigenvalue weighted by molar-refractivity contribution is 7.71. The molecule has 0 radical (unpaired) electrons. The SMILES string of the molecule is Cc1ccccc1-n1c(-c2ccncc2)nn(CN2CCN(C(c3ccccc3)c3ccccc3)CC2)c1=S. The molecule has 5 aromatic rings. The molecule has 6 nitrogen and oxygen atoms in total. The van der Waals surface area contributed by atoms with E-state index in [1.807, 2.05) is 22.9 Å². The predicted molar refractivity (Wildman–Crippen MR) is 158 cm³/mol. The van der Waals surface area contributed by atoms with Gasteiger partial charge in [-0.2, -0.15) is 0 Å². The molecule has 2 aromatic heterocycles. The Morgan fingerprint density at radius 3 is 1.95 bits per heavy atom. The number of benzene rings is 3. The zero-order valence-electron chi connectivity index (χ0n) is 22.1. The first-order valence-corrected chi connectivity index (χ1v) is 13.8. The van der Waals surface area contributed by atoms with Gasteiger partial charge in [-0.15, -0.1) is 5.10 Å². The summed E-state index contributed by atoms with van der Waals surface area (Å²) in [5.41, 5.74) is 5.87. The first-order chi connectivity index (χ1) is 19.2. The molecule has 3 aromatic carbocycles. The van der Waals surface area contributed by atoms with E-state index < -0.39 is 0 Å². The zero-order valence-corrected chi connectivity index (χ0v) is 22.9. The van der Waals surface area contributed by atoms with Crippen LogP contribution in [-0.2, 0) is 6.67 Å². The highest BCUT2D eigenvalue weighted by Crippen LogP contribution is 2.30. The van der Waals surface area contributed by atoms with E-state index in [0.29, 0.717) is 11.4 Å². The van der Waals surface area contributed by atoms with Crippen LogP contribution >= 0.6 is 12.2 Å². The maximum atomic E-state index is 6.03. The van der Waals surface area contributed by atoms with Gasteiger partial charge in [-0.3, -0.25) is 19.4 Å². The third kappa shape index (κ3) is 5.34. The second-order valence-electron chi connectivity index (χ2n) is 9.98. The normalized spacial score (nSPS) is 14.6. The van der Waals surface area contributed by atoms with Crippen LogP contribution in [0.2, 0.25) is 0 Å². The van der Waals surface area contributed by atoms with Gasteiger partial charge >= 0.3 is 0 Å². The maximum Gasteiger partial charge on any atom is 0.204 e. The van der Waals surface area contributed by atoms with E-state index in [1.54, 1.807) is 12.4 Å². The molecule has 6 rings (SSSR count). The molecule has 3 heterocycles. The van der Waals surface area contributed by atoms with Crippen molar-refractivity contribution in [3.63, 3.8) is 0 Å². The fourth-order valence-corrected chi connectivity index (χ4v) is 5.74. The van der Waals surface area contributed by atoms with Crippen molar-refractivity contribution < 1.29 is 0 Å². The van der Waals surface area contributed by atoms with Gasteiger partial charge in [-0.1, -0.05) is 78.9 Å². The molecule has 0 saturated carbocycles. The molecule has 196 valence electrons. The van der Waals surface area contributed by atoms with Crippen molar-refractivity contribution in [2.75, 3.05) is 26.2 Å². The smallest absolute Gasteiger partial charge is 0.204 e. The van der Waals surface area contributed by atoms with Crippen LogP contribution in [0.3, 0.4) is 0 Å². The predicted octanol–water partition coefficient (Wildman–Crippen LogP) is 6.14. The Labute approximate surface area is 234 Å². The number of rotatable bonds is 7. The Kier molecular flexibility index (Phi) is 7.45. The molecule has 1 aliphatic heterocycles. The van der Waals surface area contributed by atoms with Gasteiger partial charge in [0.1, 0.15) is 0 Å². The molecule has 0 N–H and O–H groups in total. The number of piperazine rings is 1. The summed E-state index contributed by atoms with van der Waals surface area (Å²) in [4.78, 5) is 9.24. The Morgan fingerprint density at radius 1 is 0.744 bits per heavy atom. The Morgan fingerprint density at radius 2 is 1.33 bits per heavy atom. The topological polar surface area (TPSA) is 42.1 Å². The van der Waals surface area contributed by atoms with Crippen molar-refractivity contribution in [2.24, 2.45) is 0 Å². The maximum absolute atomic E-state index is 6.03. The van der Waals surface area contributed by atoms with Crippen LogP contribution in [0.25, 0.3) is 17.1 Å². The number of hydrogen-bond acceptors (Lipinski definition) is 5. The molecule has 0 amide bonds. The third-order valence-corrected chi connectivity index (χ3v) is 7.86. The fraction of sp³-hybridized carbons (Fsp3) is 0.219. The lowest BCUT2D eigenvalue weighted by molar-refractivity contribution is 0.0844. The van der Waals surface area contributed by atoms with Crippen LogP contribution in [0.1, 0.15) is 22.7 Å². The van der Waals surface area contributed by atoms with Crippen molar-refractivity contribution >= 4 is 12.2 Å². The number of aryl methyl sites for hydroxylation is 1. The lowest BCUT2D eigenvalue weighted by Crippen LogP contribution is -2.48. The minimum atomic E-state index is 0.246. The molecular formula is C32H32N6S. The third-order valence-electron chi connectivity index (χ3n) is 7.47. The number of aromatic nitrogens is 4. The highest BCUT2D eigenvalue weighted by atomic mass is 32.1. The first kappa shape index (κ1) is 25.4. The van der Waals surface area contributed by atoms with Crippen molar-refractivity contribution in [1.82, 2.24) is 29.1 Å². The lowest BCUT2D eigenvalue weighted by Gasteiger charge is -2.39. The summed E-state index contributed by atoms with van der Waals surface area (Å²) in [6.45, 7) is 6.60. The van der Waals surface area contributed by atoms with Crippen LogP contribution in [0.15, 0.2) is 109 Å². The van der Waals surface area contributed by atoms with Gasteiger partial charge in [0.05, 0.1) is 18.4 Å². The molecule has 0 bridgehead atoms. The summed E-state index contributed by atoms with van der Waals surface area (Å²) in [6, 6.07) is 34.2. The summed E-state index contributed by atoms with van der Waals surface area (Å²) in [7, 11) is 0. The zero-order chi connectivity index (χ0) is 26.6. The van der Waals surface area contributed by atoms with E-state index in [-0.39, 0.29) is 6.04 Å². The standard InChI is InChI=1S/C32H32N6S/c1-25-10-8-9-15-29(25)38-31(28-16-18-33-19-17-28)34-37(32(38)39)24-35-20-22-36(23-21-35)30(26-11-4-2-5-12-26)27-13-6-3-7-14-27/h2-19,30H,20-24H2,1H3. The minimum absolute atomic E-state index is 0.246. The van der Waals surface area contributed by atoms with Crippen LogP contribution in [0.5, 0.6) is 0 Å². The van der Waals surface area contributed by atoms with E-state index in [4.69, 9.17) is 17.3 Å². The average Bonchev–Trinajstić information content (AvgIpc) is 3.31. The molecule has 0 spiro atoms. The average molecular weight is 533 g/mol. The summed E-state index contributed by atoms with van der Waals surface area (Å²) in [6.07, 6.45) is 3.60. The van der Waals surface area contributed by atoms with E-state index in [0.717, 1.165) is 48.8 Å². The van der Waals surface area contributed by atoms with Crippen LogP contribution in [-0.4, -0.2) is 55.3 Å². The van der Waals surface area contributed by atoms with Gasteiger partial charge in [-0.05, 0) is 54.0 Å². The quantitative estimate of drug-likeness (QED) is 0.236. The van der Waals surface area contributed by atoms with Crippen molar-refractivity contribution in [1.29, 1.82) is 0 Å². The molecule has 0 atom stereocenters. The minimum Gasteiger partial charge on any atom is -0.290 e. The highest BCUT2D eigenvalue weighted by Gasteiger charge is 2.27. The summed E-state index contributed by atoms with van der Waals surface area (Å²) in [5, 5.41) is 5.03. The Bertz CT molecular complexity index is 1530. The second-order valence-corrected chi connectivity index (χ2v) is 10.3. The number of hydrogen-bond donors (Lipinski definition) is 0. The van der Waals surface area contributed by atoms with Crippen LogP contribution < -0.4 is 0 Å². The molecule has 0 aliphatic carbocycles. The Balaban J connectivity index is 1.25. The largest absolute Gasteiger partial charge is 0.290 e. The van der Waals surface area contributed by atoms with Gasteiger partial charge in [0, 0.05) is 44.1 Å². The van der Waals surface area contributed by atoms with Crippen LogP contribution in [0.4, 0.5) is 0 Å². The van der Waals surface area contributed by atoms with Gasteiger partial charge in [-0.25, -0.2) is 4.68 Å². The van der Waals surface area contributed by atoms with E-state index in [1.165, 1.54) is 11.1 Å². The van der Waals surface area contributed by atoms with Gasteiger partial charge < -0.3 is 0 Å². The number of para-hydroxylation sites is 1. The van der Waals surface area contributed by atoms with E-state index in [2.05, 4.69) is 105 Å². The molecule has 0 unspecified atom stereocenters. The molecule has 1 aliphatic rings. The number of nitrogens with zero attached hydrogens (tertiary/aromatic N) is 6. The summed E-state index contributed by atoms with van der Waals surface area (Å²) in [5.74, 6) is 0.837. The summed E-state index contributed by atoms with van der Waals surface area (Å²) < 4.78 is 4.76. The Hall–Kier alpha value is -3.91. The van der Waals surface area contributed by atoms with Gasteiger partial charge in [0.2, 0.25) is 4.77 Å². The first-order valence-electron chi connectivity index (χ1n) is 13.4. The van der Waals surface area contributed by atoms with Gasteiger partial charge in [0.25, 0.3) is 0 Å². The second kappa shape index (κ2) is 11.5. The van der Waals surface area contributed by atoms with E-state index >= 15 is 0 Å². The van der Waals surface area contributed by atoms with E-state index in [9.17, 15) is 0 Å². The molecule has 7 heteroatoms. The molecule has 1 fully saturated rings. The summed E-state index contributed by atoms with van der Waals surface area (Å²) >= 11 is 6.03. The van der Waals surface area contributed by atoms with Crippen molar-refractivity contribution in [3.05, 3.63) is 131 Å². The fourth-order valence-electron chi connectivity index (χ4n) is 5.46. The van der Waals surface area contributed by atoms with Gasteiger partial charge in [0.15, 0.2) is 5.82 Å². The van der Waals surface area contributed by atoms with Crippen molar-refractivity contribution in [3.8, 4) is 17.1 Å².